The molecule has 0 fully saturated rings. The molecule has 52 valence electrons. The van der Waals surface area contributed by atoms with Crippen LogP contribution in [0.25, 0.3) is 0 Å². The van der Waals surface area contributed by atoms with Gasteiger partial charge < -0.3 is 0 Å². The average Bonchev–Trinajstić information content (AvgIpc) is 1.27. The Bertz CT molecular complexity index is 133. The van der Waals surface area contributed by atoms with Gasteiger partial charge in [-0.3, -0.25) is 9.11 Å². The number of halogens is 1. The van der Waals surface area contributed by atoms with Gasteiger partial charge in [0.15, 0.2) is 0 Å². The molecule has 7 heteroatoms. The first-order valence-electron chi connectivity index (χ1n) is 1.32. The summed E-state index contributed by atoms with van der Waals surface area (Å²) in [4.78, 5) is 0. The fourth-order valence-corrected chi connectivity index (χ4v) is 0. The predicted octanol–water partition coefficient (Wildman–Crippen LogP) is 0.0674. The zero-order chi connectivity index (χ0) is 7.21. The summed E-state index contributed by atoms with van der Waals surface area (Å²) in [5.41, 5.74) is 1.22. The number of hydrogen-bond donors (Lipinski definition) is 2. The van der Waals surface area contributed by atoms with Gasteiger partial charge in [0.05, 0.1) is 0 Å². The first-order chi connectivity index (χ1) is 3.41. The maximum absolute atomic E-state index is 8.74. The fraction of sp³-hybridized carbons (Fsp3) is 0. The van der Waals surface area contributed by atoms with E-state index in [0.717, 1.165) is 0 Å². The van der Waals surface area contributed by atoms with Crippen molar-refractivity contribution in [1.82, 2.24) is 0 Å². The monoisotopic (exact) mass is 200 g/mol. The molecule has 0 aliphatic carbocycles. The molecule has 0 aromatic carbocycles. The van der Waals surface area contributed by atoms with Crippen molar-refractivity contribution in [2.75, 3.05) is 0 Å². The Labute approximate surface area is 101 Å². The van der Waals surface area contributed by atoms with Crippen LogP contribution in [-0.4, -0.2) is 68.9 Å². The molecular weight excluding hydrogens is 195 g/mol. The van der Waals surface area contributed by atoms with E-state index in [1.54, 1.807) is 0 Å². The zero-order valence-electron chi connectivity index (χ0n) is 3.78. The summed E-state index contributed by atoms with van der Waals surface area (Å²) >= 11 is 4.76. The zero-order valence-corrected chi connectivity index (χ0v) is 5.35. The standard InChI is InChI=1S/C2H3Cl.K.H2O4S.H/c1-2-3;;1-5(2,3)4;/h2H,1H2;;(H2,1,2,3,4);. The van der Waals surface area contributed by atoms with Gasteiger partial charge in [0, 0.05) is 0 Å². The van der Waals surface area contributed by atoms with Gasteiger partial charge in [-0.2, -0.15) is 8.42 Å². The van der Waals surface area contributed by atoms with Crippen LogP contribution in [0.3, 0.4) is 0 Å². The topological polar surface area (TPSA) is 74.6 Å². The molecule has 4 nitrogen and oxygen atoms in total. The molecule has 0 amide bonds. The van der Waals surface area contributed by atoms with E-state index in [-0.39, 0.29) is 51.4 Å². The fourth-order valence-electron chi connectivity index (χ4n) is 0. The van der Waals surface area contributed by atoms with Crippen molar-refractivity contribution in [3.63, 3.8) is 0 Å². The van der Waals surface area contributed by atoms with Gasteiger partial charge >= 0.3 is 61.8 Å². The summed E-state index contributed by atoms with van der Waals surface area (Å²) in [6, 6.07) is 0. The first kappa shape index (κ1) is 16.9. The molecule has 0 radical (unpaired) electrons. The Balaban J connectivity index is -0.0000000800. The maximum atomic E-state index is 8.74. The van der Waals surface area contributed by atoms with E-state index < -0.39 is 10.4 Å². The third kappa shape index (κ3) is 229. The minimum atomic E-state index is -4.67. The van der Waals surface area contributed by atoms with Gasteiger partial charge in [-0.05, 0) is 5.54 Å². The van der Waals surface area contributed by atoms with Crippen LogP contribution in [0.2, 0.25) is 0 Å². The quantitative estimate of drug-likeness (QED) is 0.429. The molecule has 0 aromatic heterocycles. The second-order valence-corrected chi connectivity index (χ2v) is 1.81. The van der Waals surface area contributed by atoms with Crippen molar-refractivity contribution in [1.29, 1.82) is 0 Å². The van der Waals surface area contributed by atoms with E-state index in [2.05, 4.69) is 6.58 Å². The molecule has 0 bridgehead atoms. The van der Waals surface area contributed by atoms with Gasteiger partial charge in [0.25, 0.3) is 0 Å². The van der Waals surface area contributed by atoms with Crippen LogP contribution in [0.5, 0.6) is 0 Å². The van der Waals surface area contributed by atoms with Crippen molar-refractivity contribution in [2.45, 2.75) is 0 Å². The first-order valence-corrected chi connectivity index (χ1v) is 3.16. The van der Waals surface area contributed by atoms with Crippen LogP contribution in [-0.2, 0) is 10.4 Å². The Kier molecular flexibility index (Phi) is 17.9. The van der Waals surface area contributed by atoms with E-state index in [1.807, 2.05) is 0 Å². The number of hydrogen-bond acceptors (Lipinski definition) is 2. The van der Waals surface area contributed by atoms with Crippen molar-refractivity contribution in [3.05, 3.63) is 12.1 Å². The molecular formula is C2H6ClKO4S. The predicted molar refractivity (Wildman–Crippen MR) is 37.4 cm³/mol. The van der Waals surface area contributed by atoms with Crippen LogP contribution in [0.15, 0.2) is 12.1 Å². The van der Waals surface area contributed by atoms with Crippen molar-refractivity contribution < 1.29 is 17.5 Å². The molecule has 0 aromatic rings. The van der Waals surface area contributed by atoms with Gasteiger partial charge in [0.2, 0.25) is 0 Å². The third-order valence-electron chi connectivity index (χ3n) is 0. The second kappa shape index (κ2) is 9.54. The molecule has 0 saturated heterocycles. The molecule has 0 saturated carbocycles. The molecule has 9 heavy (non-hydrogen) atoms. The summed E-state index contributed by atoms with van der Waals surface area (Å²) in [6.45, 7) is 3.13. The van der Waals surface area contributed by atoms with E-state index in [4.69, 9.17) is 29.1 Å². The van der Waals surface area contributed by atoms with Crippen LogP contribution in [0, 0.1) is 0 Å². The Hall–Kier alpha value is 1.54. The van der Waals surface area contributed by atoms with Gasteiger partial charge in [-0.1, -0.05) is 18.2 Å². The number of rotatable bonds is 0. The van der Waals surface area contributed by atoms with E-state index in [1.165, 1.54) is 5.54 Å². The molecule has 0 aliphatic rings. The van der Waals surface area contributed by atoms with Crippen molar-refractivity contribution in [2.24, 2.45) is 0 Å². The van der Waals surface area contributed by atoms with Crippen LogP contribution in [0.4, 0.5) is 0 Å². The molecule has 0 aliphatic heterocycles. The van der Waals surface area contributed by atoms with E-state index in [9.17, 15) is 0 Å². The van der Waals surface area contributed by atoms with Crippen LogP contribution in [0.1, 0.15) is 0 Å². The normalized spacial score (nSPS) is 7.89. The Morgan fingerprint density at radius 2 is 1.44 bits per heavy atom. The summed E-state index contributed by atoms with van der Waals surface area (Å²) in [5, 5.41) is 0. The van der Waals surface area contributed by atoms with Crippen molar-refractivity contribution >= 4 is 73.4 Å². The van der Waals surface area contributed by atoms with Gasteiger partial charge in [-0.15, -0.1) is 0 Å². The third-order valence-corrected chi connectivity index (χ3v) is 0. The van der Waals surface area contributed by atoms with E-state index in [0.29, 0.717) is 0 Å². The Morgan fingerprint density at radius 3 is 1.44 bits per heavy atom. The summed E-state index contributed by atoms with van der Waals surface area (Å²) in [5.74, 6) is 0. The molecule has 0 heterocycles. The van der Waals surface area contributed by atoms with Crippen molar-refractivity contribution in [3.8, 4) is 0 Å². The Morgan fingerprint density at radius 1 is 1.44 bits per heavy atom. The minimum absolute atomic E-state index is 0. The summed E-state index contributed by atoms with van der Waals surface area (Å²) in [7, 11) is -4.67. The molecule has 0 spiro atoms. The molecule has 0 rings (SSSR count). The van der Waals surface area contributed by atoms with E-state index >= 15 is 0 Å². The molecule has 2 N–H and O–H groups in total. The van der Waals surface area contributed by atoms with Crippen LogP contribution < -0.4 is 0 Å². The van der Waals surface area contributed by atoms with Crippen LogP contribution >= 0.6 is 11.6 Å². The summed E-state index contributed by atoms with van der Waals surface area (Å²) in [6.07, 6.45) is 0. The summed E-state index contributed by atoms with van der Waals surface area (Å²) < 4.78 is 31.6. The SMILES string of the molecule is C=CCl.O=S(=O)(O)O.[KH]. The molecule has 0 atom stereocenters. The second-order valence-electron chi connectivity index (χ2n) is 0.602. The van der Waals surface area contributed by atoms with Gasteiger partial charge in [0.1, 0.15) is 0 Å². The average molecular weight is 201 g/mol. The molecule has 0 unspecified atom stereocenters. The van der Waals surface area contributed by atoms with Gasteiger partial charge in [-0.25, -0.2) is 0 Å².